The van der Waals surface area contributed by atoms with Gasteiger partial charge in [0.25, 0.3) is 0 Å². The van der Waals surface area contributed by atoms with Crippen LogP contribution in [0, 0.1) is 5.92 Å². The van der Waals surface area contributed by atoms with Gasteiger partial charge >= 0.3 is 5.97 Å². The topological polar surface area (TPSA) is 55.4 Å². The van der Waals surface area contributed by atoms with Crippen molar-refractivity contribution in [2.75, 3.05) is 31.5 Å². The van der Waals surface area contributed by atoms with Crippen molar-refractivity contribution in [1.82, 2.24) is 0 Å². The zero-order valence-electron chi connectivity index (χ0n) is 20.7. The highest BCUT2D eigenvalue weighted by Gasteiger charge is 2.49. The number of hydrogen-bond acceptors (Lipinski definition) is 5. The first-order valence-electron chi connectivity index (χ1n) is 13.0. The van der Waals surface area contributed by atoms with Gasteiger partial charge in [-0.05, 0) is 52.7 Å². The number of ketones is 1. The van der Waals surface area contributed by atoms with Gasteiger partial charge in [-0.15, -0.1) is 11.3 Å². The number of Topliss-reactive ketones (excluding diaryl/α,β-unsaturated/α-hetero) is 1. The quantitative estimate of drug-likeness (QED) is 0.177. The third-order valence-electron chi connectivity index (χ3n) is 8.02. The van der Waals surface area contributed by atoms with Crippen molar-refractivity contribution in [3.63, 3.8) is 0 Å². The number of esters is 1. The molecule has 2 atom stereocenters. The molecular formula is C31H31N2O3S+. The molecule has 0 saturated carbocycles. The maximum Gasteiger partial charge on any atom is 0.333 e. The molecule has 7 rings (SSSR count). The first-order valence-corrected chi connectivity index (χ1v) is 13.9. The monoisotopic (exact) mass is 511 g/mol. The second kappa shape index (κ2) is 10.1. The predicted molar refractivity (Wildman–Crippen MR) is 148 cm³/mol. The van der Waals surface area contributed by atoms with Crippen LogP contribution in [0.2, 0.25) is 0 Å². The minimum atomic E-state index is -0.591. The number of hydrogen-bond donors (Lipinski definition) is 1. The molecule has 188 valence electrons. The maximum absolute atomic E-state index is 13.6. The lowest BCUT2D eigenvalue weighted by Gasteiger charge is -2.51. The number of fused-ring (bicyclic) bond motifs is 4. The number of piperidine rings is 3. The lowest BCUT2D eigenvalue weighted by atomic mass is 9.82. The molecule has 5 nitrogen and oxygen atoms in total. The molecule has 4 aromatic rings. The van der Waals surface area contributed by atoms with Gasteiger partial charge in [-0.25, -0.2) is 4.79 Å². The molecule has 0 radical (unpaired) electrons. The van der Waals surface area contributed by atoms with Gasteiger partial charge in [0.05, 0.1) is 13.1 Å². The summed E-state index contributed by atoms with van der Waals surface area (Å²) in [5.74, 6) is 0.266. The van der Waals surface area contributed by atoms with Crippen LogP contribution >= 0.6 is 11.3 Å². The van der Waals surface area contributed by atoms with Gasteiger partial charge in [-0.2, -0.15) is 0 Å². The Bertz CT molecular complexity index is 1390. The van der Waals surface area contributed by atoms with Crippen LogP contribution in [0.1, 0.15) is 34.8 Å². The fourth-order valence-corrected chi connectivity index (χ4v) is 6.73. The van der Waals surface area contributed by atoms with E-state index in [9.17, 15) is 9.59 Å². The largest absolute Gasteiger partial charge is 0.454 e. The number of thiophene rings is 1. The molecule has 0 aliphatic carbocycles. The van der Waals surface area contributed by atoms with Crippen molar-refractivity contribution >= 4 is 38.9 Å². The van der Waals surface area contributed by atoms with Gasteiger partial charge in [0, 0.05) is 34.7 Å². The Morgan fingerprint density at radius 3 is 2.43 bits per heavy atom. The Hall–Kier alpha value is -3.48. The number of nitrogens with zero attached hydrogens (tertiary/aromatic N) is 1. The fourth-order valence-electron chi connectivity index (χ4n) is 5.95. The van der Waals surface area contributed by atoms with Gasteiger partial charge in [-0.1, -0.05) is 48.5 Å². The normalized spacial score (nSPS) is 23.5. The second-order valence-corrected chi connectivity index (χ2v) is 11.3. The summed E-state index contributed by atoms with van der Waals surface area (Å²) in [6, 6.07) is 27.0. The van der Waals surface area contributed by atoms with E-state index in [-0.39, 0.29) is 17.9 Å². The van der Waals surface area contributed by atoms with E-state index < -0.39 is 6.04 Å². The summed E-state index contributed by atoms with van der Waals surface area (Å²) in [6.07, 6.45) is 1.79. The standard InChI is InChI=1S/C31H31N2O3S/c34-27(24-11-12-29-25(19-24)15-18-37-29)20-33-16-13-22(14-17-33)28(21-33)36-31(35)30(23-7-3-1-4-8-23)32-26-9-5-2-6-10-26/h1-12,15,18-19,22,28,30,32H,13-14,16-17,20-21H2/q+1. The molecule has 3 aliphatic rings. The first-order chi connectivity index (χ1) is 18.1. The summed E-state index contributed by atoms with van der Waals surface area (Å²) in [5.41, 5.74) is 2.52. The number of benzene rings is 3. The highest BCUT2D eigenvalue weighted by Crippen LogP contribution is 2.37. The number of rotatable bonds is 8. The minimum absolute atomic E-state index is 0.173. The molecule has 3 fully saturated rings. The van der Waals surface area contributed by atoms with Crippen LogP contribution in [0.4, 0.5) is 5.69 Å². The maximum atomic E-state index is 13.6. The number of quaternary nitrogens is 1. The van der Waals surface area contributed by atoms with Gasteiger partial charge in [-0.3, -0.25) is 4.79 Å². The summed E-state index contributed by atoms with van der Waals surface area (Å²) in [5, 5.41) is 6.55. The van der Waals surface area contributed by atoms with E-state index in [1.807, 2.05) is 78.9 Å². The van der Waals surface area contributed by atoms with Crippen LogP contribution in [-0.4, -0.2) is 48.5 Å². The molecule has 1 N–H and O–H groups in total. The number of ether oxygens (including phenoxy) is 1. The zero-order chi connectivity index (χ0) is 25.2. The molecule has 3 aliphatic heterocycles. The average molecular weight is 512 g/mol. The summed E-state index contributed by atoms with van der Waals surface area (Å²) in [7, 11) is 0. The van der Waals surface area contributed by atoms with E-state index in [4.69, 9.17) is 4.74 Å². The number of nitrogens with one attached hydrogen (secondary N) is 1. The van der Waals surface area contributed by atoms with Crippen LogP contribution in [-0.2, 0) is 9.53 Å². The van der Waals surface area contributed by atoms with E-state index in [0.717, 1.165) is 48.1 Å². The molecule has 0 spiro atoms. The zero-order valence-corrected chi connectivity index (χ0v) is 21.5. The van der Waals surface area contributed by atoms with E-state index in [1.54, 1.807) is 11.3 Å². The molecule has 3 saturated heterocycles. The molecule has 1 aromatic heterocycles. The van der Waals surface area contributed by atoms with Gasteiger partial charge in [0.1, 0.15) is 13.1 Å². The Labute approximate surface area is 221 Å². The van der Waals surface area contributed by atoms with Gasteiger partial charge in [0.15, 0.2) is 12.1 Å². The lowest BCUT2D eigenvalue weighted by Crippen LogP contribution is -2.65. The fraction of sp³-hybridized carbons (Fsp3) is 0.290. The van der Waals surface area contributed by atoms with Crippen molar-refractivity contribution in [3.05, 3.63) is 101 Å². The van der Waals surface area contributed by atoms with Crippen molar-refractivity contribution in [2.45, 2.75) is 25.0 Å². The summed E-state index contributed by atoms with van der Waals surface area (Å²) < 4.78 is 8.15. The predicted octanol–water partition coefficient (Wildman–Crippen LogP) is 6.09. The lowest BCUT2D eigenvalue weighted by molar-refractivity contribution is -0.938. The third kappa shape index (κ3) is 5.04. The third-order valence-corrected chi connectivity index (χ3v) is 8.91. The van der Waals surface area contributed by atoms with E-state index in [1.165, 1.54) is 4.70 Å². The van der Waals surface area contributed by atoms with Gasteiger partial charge in [0.2, 0.25) is 5.78 Å². The van der Waals surface area contributed by atoms with Crippen LogP contribution < -0.4 is 5.32 Å². The Kier molecular flexibility index (Phi) is 6.53. The number of para-hydroxylation sites is 1. The van der Waals surface area contributed by atoms with Crippen molar-refractivity contribution in [1.29, 1.82) is 0 Å². The Morgan fingerprint density at radius 1 is 0.946 bits per heavy atom. The first kappa shape index (κ1) is 23.9. The molecule has 4 heterocycles. The summed E-state index contributed by atoms with van der Waals surface area (Å²) >= 11 is 1.69. The van der Waals surface area contributed by atoms with Crippen molar-refractivity contribution in [3.8, 4) is 0 Å². The van der Waals surface area contributed by atoms with Crippen molar-refractivity contribution in [2.24, 2.45) is 5.92 Å². The van der Waals surface area contributed by atoms with Crippen molar-refractivity contribution < 1.29 is 18.8 Å². The molecule has 0 amide bonds. The average Bonchev–Trinajstić information content (AvgIpc) is 3.41. The highest BCUT2D eigenvalue weighted by molar-refractivity contribution is 7.17. The van der Waals surface area contributed by atoms with Crippen LogP contribution in [0.15, 0.2) is 90.3 Å². The number of carbonyl (C=O) groups is 2. The van der Waals surface area contributed by atoms with E-state index in [0.29, 0.717) is 23.5 Å². The molecule has 2 unspecified atom stereocenters. The smallest absolute Gasteiger partial charge is 0.333 e. The van der Waals surface area contributed by atoms with E-state index in [2.05, 4.69) is 16.8 Å². The molecule has 6 heteroatoms. The molecular weight excluding hydrogens is 480 g/mol. The number of anilines is 1. The van der Waals surface area contributed by atoms with Crippen LogP contribution in [0.3, 0.4) is 0 Å². The molecule has 2 bridgehead atoms. The highest BCUT2D eigenvalue weighted by atomic mass is 32.1. The summed E-state index contributed by atoms with van der Waals surface area (Å²) in [6.45, 7) is 3.10. The number of carbonyl (C=O) groups excluding carboxylic acids is 2. The van der Waals surface area contributed by atoms with Crippen LogP contribution in [0.5, 0.6) is 0 Å². The SMILES string of the molecule is O=C(C[N+]12CCC(CC1)C(OC(=O)C(Nc1ccccc1)c1ccccc1)C2)c1ccc2sccc2c1. The van der Waals surface area contributed by atoms with E-state index >= 15 is 0 Å². The molecule has 37 heavy (non-hydrogen) atoms. The van der Waals surface area contributed by atoms with Crippen LogP contribution in [0.25, 0.3) is 10.1 Å². The minimum Gasteiger partial charge on any atom is -0.454 e. The Morgan fingerprint density at radius 2 is 1.68 bits per heavy atom. The second-order valence-electron chi connectivity index (χ2n) is 10.4. The Balaban J connectivity index is 1.18. The summed E-state index contributed by atoms with van der Waals surface area (Å²) in [4.78, 5) is 26.9. The molecule has 3 aromatic carbocycles. The van der Waals surface area contributed by atoms with Gasteiger partial charge < -0.3 is 14.5 Å².